The summed E-state index contributed by atoms with van der Waals surface area (Å²) < 4.78 is 4.53. The molecule has 1 rings (SSSR count). The SMILES string of the molecule is CCN1CC1C(=O)OC. The lowest BCUT2D eigenvalue weighted by Gasteiger charge is -1.95. The van der Waals surface area contributed by atoms with Gasteiger partial charge in [-0.05, 0) is 6.54 Å². The van der Waals surface area contributed by atoms with Crippen molar-refractivity contribution in [3.63, 3.8) is 0 Å². The van der Waals surface area contributed by atoms with E-state index < -0.39 is 0 Å². The van der Waals surface area contributed by atoms with Gasteiger partial charge in [0.2, 0.25) is 0 Å². The van der Waals surface area contributed by atoms with Gasteiger partial charge in [0, 0.05) is 6.54 Å². The predicted octanol–water partition coefficient (Wildman–Crippen LogP) is -0.137. The average molecular weight is 129 g/mol. The van der Waals surface area contributed by atoms with E-state index in [2.05, 4.69) is 4.74 Å². The van der Waals surface area contributed by atoms with Gasteiger partial charge in [0.1, 0.15) is 6.04 Å². The van der Waals surface area contributed by atoms with Crippen LogP contribution in [0.25, 0.3) is 0 Å². The summed E-state index contributed by atoms with van der Waals surface area (Å²) in [5, 5.41) is 0. The smallest absolute Gasteiger partial charge is 0.324 e. The fourth-order valence-electron chi connectivity index (χ4n) is 0.884. The summed E-state index contributed by atoms with van der Waals surface area (Å²) in [7, 11) is 1.43. The largest absolute Gasteiger partial charge is 0.468 e. The van der Waals surface area contributed by atoms with Crippen LogP contribution >= 0.6 is 0 Å². The number of hydrogen-bond donors (Lipinski definition) is 0. The monoisotopic (exact) mass is 129 g/mol. The Morgan fingerprint density at radius 2 is 2.56 bits per heavy atom. The van der Waals surface area contributed by atoms with Crippen molar-refractivity contribution in [1.82, 2.24) is 4.90 Å². The van der Waals surface area contributed by atoms with Crippen LogP contribution in [0.5, 0.6) is 0 Å². The third-order valence-corrected chi connectivity index (χ3v) is 1.59. The third kappa shape index (κ3) is 1.21. The molecule has 1 saturated heterocycles. The van der Waals surface area contributed by atoms with Gasteiger partial charge >= 0.3 is 5.97 Å². The molecule has 9 heavy (non-hydrogen) atoms. The zero-order valence-corrected chi connectivity index (χ0v) is 5.76. The molecule has 2 unspecified atom stereocenters. The first kappa shape index (κ1) is 6.55. The van der Waals surface area contributed by atoms with Gasteiger partial charge in [0.15, 0.2) is 0 Å². The quantitative estimate of drug-likeness (QED) is 0.384. The molecule has 3 nitrogen and oxygen atoms in total. The molecule has 52 valence electrons. The van der Waals surface area contributed by atoms with Crippen LogP contribution in [0.2, 0.25) is 0 Å². The minimum absolute atomic E-state index is 0.0694. The Labute approximate surface area is 54.6 Å². The minimum atomic E-state index is -0.100. The molecule has 1 aliphatic heterocycles. The average Bonchev–Trinajstić information content (AvgIpc) is 2.64. The summed E-state index contributed by atoms with van der Waals surface area (Å²) in [6.45, 7) is 3.85. The highest BCUT2D eigenvalue weighted by Gasteiger charge is 2.39. The second-order valence-electron chi connectivity index (χ2n) is 2.13. The Morgan fingerprint density at radius 1 is 1.89 bits per heavy atom. The molecule has 0 spiro atoms. The summed E-state index contributed by atoms with van der Waals surface area (Å²) in [5.41, 5.74) is 0. The standard InChI is InChI=1S/C6H11NO2/c1-3-7-4-5(7)6(8)9-2/h5H,3-4H2,1-2H3. The Kier molecular flexibility index (Phi) is 1.71. The highest BCUT2D eigenvalue weighted by molar-refractivity contribution is 5.78. The van der Waals surface area contributed by atoms with E-state index in [0.717, 1.165) is 13.1 Å². The molecule has 0 aromatic heterocycles. The molecule has 0 aromatic carbocycles. The normalized spacial score (nSPS) is 31.8. The fraction of sp³-hybridized carbons (Fsp3) is 0.833. The van der Waals surface area contributed by atoms with Crippen LogP contribution in [0, 0.1) is 0 Å². The lowest BCUT2D eigenvalue weighted by atomic mass is 10.5. The Bertz CT molecular complexity index is 124. The van der Waals surface area contributed by atoms with E-state index in [0.29, 0.717) is 0 Å². The van der Waals surface area contributed by atoms with Gasteiger partial charge < -0.3 is 4.74 Å². The van der Waals surface area contributed by atoms with Crippen molar-refractivity contribution in [2.45, 2.75) is 13.0 Å². The highest BCUT2D eigenvalue weighted by atomic mass is 16.5. The molecule has 1 aliphatic rings. The molecule has 3 heteroatoms. The maximum Gasteiger partial charge on any atom is 0.324 e. The van der Waals surface area contributed by atoms with Crippen molar-refractivity contribution in [3.05, 3.63) is 0 Å². The van der Waals surface area contributed by atoms with Crippen LogP contribution in [0.15, 0.2) is 0 Å². The molecular weight excluding hydrogens is 118 g/mol. The second-order valence-corrected chi connectivity index (χ2v) is 2.13. The maximum atomic E-state index is 10.7. The van der Waals surface area contributed by atoms with E-state index in [9.17, 15) is 4.79 Å². The van der Waals surface area contributed by atoms with E-state index in [4.69, 9.17) is 0 Å². The summed E-state index contributed by atoms with van der Waals surface area (Å²) in [4.78, 5) is 12.7. The van der Waals surface area contributed by atoms with Crippen LogP contribution in [0.3, 0.4) is 0 Å². The van der Waals surface area contributed by atoms with Crippen molar-refractivity contribution in [3.8, 4) is 0 Å². The topological polar surface area (TPSA) is 29.3 Å². The molecule has 0 aliphatic carbocycles. The number of methoxy groups -OCH3 is 1. The molecule has 0 radical (unpaired) electrons. The molecule has 0 bridgehead atoms. The van der Waals surface area contributed by atoms with Crippen molar-refractivity contribution < 1.29 is 9.53 Å². The van der Waals surface area contributed by atoms with Crippen molar-refractivity contribution in [2.75, 3.05) is 20.2 Å². The third-order valence-electron chi connectivity index (χ3n) is 1.59. The lowest BCUT2D eigenvalue weighted by Crippen LogP contribution is -2.13. The van der Waals surface area contributed by atoms with Crippen molar-refractivity contribution in [2.24, 2.45) is 0 Å². The molecule has 2 atom stereocenters. The predicted molar refractivity (Wildman–Crippen MR) is 33.1 cm³/mol. The molecule has 1 fully saturated rings. The summed E-state index contributed by atoms with van der Waals surface area (Å²) >= 11 is 0. The first-order valence-corrected chi connectivity index (χ1v) is 3.11. The molecule has 0 saturated carbocycles. The van der Waals surface area contributed by atoms with Crippen molar-refractivity contribution >= 4 is 5.97 Å². The summed E-state index contributed by atoms with van der Waals surface area (Å²) in [5.74, 6) is -0.100. The molecular formula is C6H11NO2. The molecule has 0 N–H and O–H groups in total. The van der Waals surface area contributed by atoms with Crippen LogP contribution in [0.1, 0.15) is 6.92 Å². The number of ether oxygens (including phenoxy) is 1. The summed E-state index contributed by atoms with van der Waals surface area (Å²) in [6, 6.07) is 0.0694. The van der Waals surface area contributed by atoms with Crippen LogP contribution in [-0.2, 0) is 9.53 Å². The number of carbonyl (C=O) groups is 1. The number of esters is 1. The number of carbonyl (C=O) groups excluding carboxylic acids is 1. The van der Waals surface area contributed by atoms with Crippen LogP contribution in [0.4, 0.5) is 0 Å². The number of hydrogen-bond acceptors (Lipinski definition) is 3. The van der Waals surface area contributed by atoms with Gasteiger partial charge in [-0.1, -0.05) is 6.92 Å². The summed E-state index contributed by atoms with van der Waals surface area (Å²) in [6.07, 6.45) is 0. The zero-order chi connectivity index (χ0) is 6.85. The van der Waals surface area contributed by atoms with E-state index in [-0.39, 0.29) is 12.0 Å². The molecule has 0 amide bonds. The fourth-order valence-corrected chi connectivity index (χ4v) is 0.884. The van der Waals surface area contributed by atoms with Gasteiger partial charge in [-0.2, -0.15) is 0 Å². The van der Waals surface area contributed by atoms with Crippen LogP contribution in [-0.4, -0.2) is 37.1 Å². The lowest BCUT2D eigenvalue weighted by molar-refractivity contribution is -0.140. The van der Waals surface area contributed by atoms with Gasteiger partial charge in [-0.3, -0.25) is 9.69 Å². The van der Waals surface area contributed by atoms with E-state index >= 15 is 0 Å². The number of nitrogens with zero attached hydrogens (tertiary/aromatic N) is 1. The minimum Gasteiger partial charge on any atom is -0.468 e. The number of rotatable bonds is 2. The molecule has 1 heterocycles. The van der Waals surface area contributed by atoms with Crippen LogP contribution < -0.4 is 0 Å². The van der Waals surface area contributed by atoms with Gasteiger partial charge in [0.25, 0.3) is 0 Å². The highest BCUT2D eigenvalue weighted by Crippen LogP contribution is 2.16. The Hall–Kier alpha value is -0.570. The van der Waals surface area contributed by atoms with Crippen molar-refractivity contribution in [1.29, 1.82) is 0 Å². The number of likely N-dealkylation sites (N-methyl/N-ethyl adjacent to an activating group) is 1. The Balaban J connectivity index is 2.25. The first-order valence-electron chi connectivity index (χ1n) is 3.11. The zero-order valence-electron chi connectivity index (χ0n) is 5.76. The van der Waals surface area contributed by atoms with E-state index in [1.807, 2.05) is 11.8 Å². The maximum absolute atomic E-state index is 10.7. The first-order chi connectivity index (χ1) is 4.29. The van der Waals surface area contributed by atoms with Gasteiger partial charge in [-0.15, -0.1) is 0 Å². The van der Waals surface area contributed by atoms with Gasteiger partial charge in [-0.25, -0.2) is 0 Å². The molecule has 0 aromatic rings. The van der Waals surface area contributed by atoms with E-state index in [1.54, 1.807) is 0 Å². The van der Waals surface area contributed by atoms with E-state index in [1.165, 1.54) is 7.11 Å². The Morgan fingerprint density at radius 3 is 2.89 bits per heavy atom. The van der Waals surface area contributed by atoms with Gasteiger partial charge in [0.05, 0.1) is 7.11 Å². The second kappa shape index (κ2) is 2.35.